The number of phenolic OH excluding ortho intramolecular Hbond substituents is 1. The predicted molar refractivity (Wildman–Crippen MR) is 108 cm³/mol. The molecule has 1 aliphatic heterocycles. The lowest BCUT2D eigenvalue weighted by Crippen LogP contribution is -2.43. The average molecular weight is 417 g/mol. The number of para-hydroxylation sites is 1. The first-order valence-corrected chi connectivity index (χ1v) is 9.54. The molecule has 2 N–H and O–H groups in total. The van der Waals surface area contributed by atoms with Crippen LogP contribution in [0.1, 0.15) is 33.6 Å². The highest BCUT2D eigenvalue weighted by molar-refractivity contribution is 6.30. The van der Waals surface area contributed by atoms with Crippen molar-refractivity contribution >= 4 is 35.1 Å². The van der Waals surface area contributed by atoms with Gasteiger partial charge in [0.05, 0.1) is 18.7 Å². The number of amides is 2. The number of carbonyl (C=O) groups excluding carboxylic acids is 3. The molecule has 1 aliphatic rings. The zero-order chi connectivity index (χ0) is 21.0. The molecule has 1 fully saturated rings. The third-order valence-electron chi connectivity index (χ3n) is 4.87. The Morgan fingerprint density at radius 2 is 1.90 bits per heavy atom. The van der Waals surface area contributed by atoms with E-state index in [9.17, 15) is 19.5 Å². The summed E-state index contributed by atoms with van der Waals surface area (Å²) < 4.78 is 4.62. The number of hydrogen-bond acceptors (Lipinski definition) is 5. The van der Waals surface area contributed by atoms with Gasteiger partial charge in [-0.2, -0.15) is 0 Å². The lowest BCUT2D eigenvalue weighted by atomic mass is 9.96. The maximum atomic E-state index is 12.7. The molecule has 1 saturated heterocycles. The number of benzene rings is 2. The number of carbonyl (C=O) groups is 3. The molecule has 0 bridgehead atoms. The second-order valence-electron chi connectivity index (χ2n) is 6.78. The fourth-order valence-electron chi connectivity index (χ4n) is 3.30. The molecule has 29 heavy (non-hydrogen) atoms. The lowest BCUT2D eigenvalue weighted by Gasteiger charge is -2.32. The lowest BCUT2D eigenvalue weighted by molar-refractivity contribution is -0.121. The van der Waals surface area contributed by atoms with Crippen molar-refractivity contribution in [3.8, 4) is 5.75 Å². The van der Waals surface area contributed by atoms with Crippen LogP contribution in [-0.2, 0) is 9.53 Å². The van der Waals surface area contributed by atoms with E-state index in [0.717, 1.165) is 0 Å². The second kappa shape index (κ2) is 8.96. The van der Waals surface area contributed by atoms with Crippen LogP contribution in [0, 0.1) is 5.92 Å². The molecule has 1 heterocycles. The average Bonchev–Trinajstić information content (AvgIpc) is 2.74. The molecule has 2 aromatic rings. The van der Waals surface area contributed by atoms with Crippen LogP contribution in [0.5, 0.6) is 5.75 Å². The van der Waals surface area contributed by atoms with E-state index in [1.807, 2.05) is 0 Å². The van der Waals surface area contributed by atoms with Crippen LogP contribution in [0.2, 0.25) is 5.02 Å². The Balaban J connectivity index is 1.69. The number of rotatable bonds is 4. The molecule has 1 unspecified atom stereocenters. The van der Waals surface area contributed by atoms with Gasteiger partial charge in [-0.05, 0) is 49.2 Å². The van der Waals surface area contributed by atoms with Gasteiger partial charge in [-0.25, -0.2) is 4.79 Å². The number of nitrogens with zero attached hydrogens (tertiary/aromatic N) is 1. The largest absolute Gasteiger partial charge is 0.505 e. The van der Waals surface area contributed by atoms with Crippen molar-refractivity contribution in [3.63, 3.8) is 0 Å². The van der Waals surface area contributed by atoms with Crippen LogP contribution in [0.25, 0.3) is 0 Å². The molecule has 0 spiro atoms. The summed E-state index contributed by atoms with van der Waals surface area (Å²) in [7, 11) is 1.21. The Morgan fingerprint density at radius 3 is 2.59 bits per heavy atom. The topological polar surface area (TPSA) is 95.9 Å². The Bertz CT molecular complexity index is 929. The highest BCUT2D eigenvalue weighted by Crippen LogP contribution is 2.29. The molecule has 2 amide bonds. The number of hydrogen-bond donors (Lipinski definition) is 2. The van der Waals surface area contributed by atoms with E-state index in [1.165, 1.54) is 19.2 Å². The van der Waals surface area contributed by atoms with Gasteiger partial charge in [0, 0.05) is 23.7 Å². The van der Waals surface area contributed by atoms with Gasteiger partial charge in [0.1, 0.15) is 5.56 Å². The number of anilines is 1. The third kappa shape index (κ3) is 4.68. The number of aromatic hydroxyl groups is 1. The molecule has 2 aromatic carbocycles. The van der Waals surface area contributed by atoms with Gasteiger partial charge in [0.2, 0.25) is 5.91 Å². The first kappa shape index (κ1) is 20.7. The van der Waals surface area contributed by atoms with Crippen molar-refractivity contribution in [1.82, 2.24) is 4.90 Å². The van der Waals surface area contributed by atoms with Crippen LogP contribution in [0.4, 0.5) is 5.69 Å². The molecule has 0 radical (unpaired) electrons. The Hall–Kier alpha value is -3.06. The van der Waals surface area contributed by atoms with Crippen molar-refractivity contribution in [2.75, 3.05) is 25.5 Å². The Kier molecular flexibility index (Phi) is 6.39. The third-order valence-corrected chi connectivity index (χ3v) is 5.12. The summed E-state index contributed by atoms with van der Waals surface area (Å²) in [4.78, 5) is 38.8. The second-order valence-corrected chi connectivity index (χ2v) is 7.22. The maximum Gasteiger partial charge on any atom is 0.341 e. The first-order chi connectivity index (χ1) is 13.9. The zero-order valence-corrected chi connectivity index (χ0v) is 16.6. The van der Waals surface area contributed by atoms with Crippen LogP contribution < -0.4 is 5.32 Å². The zero-order valence-electron chi connectivity index (χ0n) is 15.9. The van der Waals surface area contributed by atoms with E-state index in [-0.39, 0.29) is 35.4 Å². The molecule has 0 aliphatic carbocycles. The smallest absolute Gasteiger partial charge is 0.341 e. The van der Waals surface area contributed by atoms with Gasteiger partial charge < -0.3 is 20.1 Å². The summed E-state index contributed by atoms with van der Waals surface area (Å²) in [5.74, 6) is -1.96. The van der Waals surface area contributed by atoms with Crippen molar-refractivity contribution in [2.45, 2.75) is 12.8 Å². The minimum absolute atomic E-state index is 0.0338. The van der Waals surface area contributed by atoms with Gasteiger partial charge in [-0.1, -0.05) is 17.7 Å². The van der Waals surface area contributed by atoms with Gasteiger partial charge in [0.25, 0.3) is 5.91 Å². The number of nitrogens with one attached hydrogen (secondary N) is 1. The monoisotopic (exact) mass is 416 g/mol. The number of esters is 1. The number of methoxy groups -OCH3 is 1. The summed E-state index contributed by atoms with van der Waals surface area (Å²) >= 11 is 5.87. The van der Waals surface area contributed by atoms with E-state index in [4.69, 9.17) is 11.6 Å². The fourth-order valence-corrected chi connectivity index (χ4v) is 3.43. The summed E-state index contributed by atoms with van der Waals surface area (Å²) in [6.07, 6.45) is 1.30. The molecular formula is C21H21ClN2O5. The van der Waals surface area contributed by atoms with Crippen molar-refractivity contribution in [1.29, 1.82) is 0 Å². The minimum Gasteiger partial charge on any atom is -0.505 e. The molecule has 1 atom stereocenters. The Morgan fingerprint density at radius 1 is 1.17 bits per heavy atom. The first-order valence-electron chi connectivity index (χ1n) is 9.16. The van der Waals surface area contributed by atoms with Crippen molar-refractivity contribution in [2.24, 2.45) is 5.92 Å². The summed E-state index contributed by atoms with van der Waals surface area (Å²) in [5.41, 5.74) is 0.603. The number of ether oxygens (including phenoxy) is 1. The number of piperidine rings is 1. The molecule has 3 rings (SSSR count). The molecule has 7 nitrogen and oxygen atoms in total. The maximum absolute atomic E-state index is 12.7. The van der Waals surface area contributed by atoms with Crippen LogP contribution in [0.15, 0.2) is 42.5 Å². The van der Waals surface area contributed by atoms with E-state index >= 15 is 0 Å². The number of phenols is 1. The predicted octanol–water partition coefficient (Wildman–Crippen LogP) is 3.32. The molecule has 0 aromatic heterocycles. The fraction of sp³-hybridized carbons (Fsp3) is 0.286. The molecule has 8 heteroatoms. The van der Waals surface area contributed by atoms with E-state index < -0.39 is 11.9 Å². The van der Waals surface area contributed by atoms with Gasteiger partial charge >= 0.3 is 5.97 Å². The highest BCUT2D eigenvalue weighted by Gasteiger charge is 2.29. The SMILES string of the molecule is COC(=O)c1cccc(NC(=O)C2CCCN(C(=O)c3ccc(Cl)cc3)C2)c1O. The van der Waals surface area contributed by atoms with Crippen LogP contribution in [-0.4, -0.2) is 48.0 Å². The standard InChI is InChI=1S/C21H21ClN2O5/c1-29-21(28)16-5-2-6-17(18(16)25)23-19(26)14-4-3-11-24(12-14)20(27)13-7-9-15(22)10-8-13/h2,5-10,14,25H,3-4,11-12H2,1H3,(H,23,26). The summed E-state index contributed by atoms with van der Waals surface area (Å²) in [5, 5.41) is 13.5. The van der Waals surface area contributed by atoms with Crippen LogP contribution >= 0.6 is 11.6 Å². The van der Waals surface area contributed by atoms with Crippen molar-refractivity contribution < 1.29 is 24.2 Å². The van der Waals surface area contributed by atoms with E-state index in [2.05, 4.69) is 10.1 Å². The number of halogens is 1. The molecule has 152 valence electrons. The minimum atomic E-state index is -0.698. The highest BCUT2D eigenvalue weighted by atomic mass is 35.5. The quantitative estimate of drug-likeness (QED) is 0.588. The number of likely N-dealkylation sites (tertiary alicyclic amines) is 1. The van der Waals surface area contributed by atoms with Gasteiger partial charge in [0.15, 0.2) is 5.75 Å². The molecule has 0 saturated carbocycles. The summed E-state index contributed by atoms with van der Waals surface area (Å²) in [6, 6.07) is 11.1. The molecular weight excluding hydrogens is 396 g/mol. The van der Waals surface area contributed by atoms with Crippen molar-refractivity contribution in [3.05, 3.63) is 58.6 Å². The Labute approximate surface area is 173 Å². The van der Waals surface area contributed by atoms with E-state index in [0.29, 0.717) is 30.0 Å². The van der Waals surface area contributed by atoms with Gasteiger partial charge in [-0.15, -0.1) is 0 Å². The van der Waals surface area contributed by atoms with Gasteiger partial charge in [-0.3, -0.25) is 9.59 Å². The normalized spacial score (nSPS) is 16.2. The van der Waals surface area contributed by atoms with E-state index in [1.54, 1.807) is 35.2 Å². The van der Waals surface area contributed by atoms with Crippen LogP contribution in [0.3, 0.4) is 0 Å². The summed E-state index contributed by atoms with van der Waals surface area (Å²) in [6.45, 7) is 0.832.